The third kappa shape index (κ3) is 1.55. The standard InChI is InChI=1S/C5H9BrOS/c6-5-3-1-2-4-8(5)7/h5H,1-4H2/t5-,8?/m0/s1. The first-order chi connectivity index (χ1) is 3.80. The molecular formula is C5H9BrOS. The highest BCUT2D eigenvalue weighted by atomic mass is 79.9. The van der Waals surface area contributed by atoms with Gasteiger partial charge < -0.3 is 0 Å². The maximum Gasteiger partial charge on any atom is 0.0898 e. The summed E-state index contributed by atoms with van der Waals surface area (Å²) < 4.78 is 11.1. The van der Waals surface area contributed by atoms with E-state index in [1.807, 2.05) is 0 Å². The number of alkyl halides is 1. The molecule has 1 aliphatic rings. The zero-order valence-electron chi connectivity index (χ0n) is 4.60. The number of halogens is 1. The van der Waals surface area contributed by atoms with Crippen molar-refractivity contribution >= 4 is 26.7 Å². The van der Waals surface area contributed by atoms with Gasteiger partial charge in [-0.1, -0.05) is 22.4 Å². The molecule has 1 rings (SSSR count). The Morgan fingerprint density at radius 1 is 1.50 bits per heavy atom. The highest BCUT2D eigenvalue weighted by molar-refractivity contribution is 9.11. The third-order valence-corrected chi connectivity index (χ3v) is 4.52. The van der Waals surface area contributed by atoms with Crippen molar-refractivity contribution in [1.82, 2.24) is 0 Å². The lowest BCUT2D eigenvalue weighted by Crippen LogP contribution is -2.15. The third-order valence-electron chi connectivity index (χ3n) is 1.31. The summed E-state index contributed by atoms with van der Waals surface area (Å²) in [5, 5.41) is 0. The summed E-state index contributed by atoms with van der Waals surface area (Å²) >= 11 is 3.35. The van der Waals surface area contributed by atoms with E-state index in [0.717, 1.165) is 18.6 Å². The molecule has 2 atom stereocenters. The molecule has 0 N–H and O–H groups in total. The number of hydrogen-bond acceptors (Lipinski definition) is 1. The van der Waals surface area contributed by atoms with Crippen molar-refractivity contribution in [1.29, 1.82) is 0 Å². The summed E-state index contributed by atoms with van der Waals surface area (Å²) in [5.74, 6) is 0.899. The van der Waals surface area contributed by atoms with Crippen molar-refractivity contribution in [3.8, 4) is 0 Å². The second-order valence-electron chi connectivity index (χ2n) is 1.99. The largest absolute Gasteiger partial charge is 0.258 e. The molecule has 0 aromatic heterocycles. The normalized spacial score (nSPS) is 39.6. The quantitative estimate of drug-likeness (QED) is 0.539. The smallest absolute Gasteiger partial charge is 0.0898 e. The molecule has 1 fully saturated rings. The van der Waals surface area contributed by atoms with Crippen molar-refractivity contribution in [3.63, 3.8) is 0 Å². The van der Waals surface area contributed by atoms with E-state index in [1.165, 1.54) is 6.42 Å². The number of hydrogen-bond donors (Lipinski definition) is 0. The van der Waals surface area contributed by atoms with E-state index >= 15 is 0 Å². The van der Waals surface area contributed by atoms with Gasteiger partial charge in [-0.3, -0.25) is 4.21 Å². The lowest BCUT2D eigenvalue weighted by atomic mass is 10.3. The fourth-order valence-corrected chi connectivity index (χ4v) is 2.87. The molecule has 0 saturated carbocycles. The molecule has 1 nitrogen and oxygen atoms in total. The van der Waals surface area contributed by atoms with E-state index in [-0.39, 0.29) is 4.16 Å². The van der Waals surface area contributed by atoms with Crippen LogP contribution in [0.2, 0.25) is 0 Å². The van der Waals surface area contributed by atoms with Gasteiger partial charge in [-0.25, -0.2) is 0 Å². The Balaban J connectivity index is 2.39. The molecule has 3 heteroatoms. The maximum absolute atomic E-state index is 10.9. The first-order valence-electron chi connectivity index (χ1n) is 2.82. The van der Waals surface area contributed by atoms with E-state index < -0.39 is 10.8 Å². The molecule has 0 amide bonds. The minimum absolute atomic E-state index is 0.288. The predicted molar refractivity (Wildman–Crippen MR) is 39.6 cm³/mol. The lowest BCUT2D eigenvalue weighted by Gasteiger charge is -2.14. The van der Waals surface area contributed by atoms with Gasteiger partial charge in [0.05, 0.1) is 4.16 Å². The van der Waals surface area contributed by atoms with Gasteiger partial charge in [-0.15, -0.1) is 0 Å². The molecule has 0 aromatic rings. The molecule has 8 heavy (non-hydrogen) atoms. The van der Waals surface area contributed by atoms with Gasteiger partial charge in [-0.05, 0) is 12.8 Å². The minimum atomic E-state index is -0.568. The van der Waals surface area contributed by atoms with Gasteiger partial charge in [0.1, 0.15) is 0 Å². The summed E-state index contributed by atoms with van der Waals surface area (Å²) in [5.41, 5.74) is 0. The van der Waals surface area contributed by atoms with Crippen LogP contribution in [0.4, 0.5) is 0 Å². The van der Waals surface area contributed by atoms with Crippen LogP contribution in [0.25, 0.3) is 0 Å². The molecule has 0 spiro atoms. The Bertz CT molecular complexity index is 105. The Labute approximate surface area is 60.4 Å². The van der Waals surface area contributed by atoms with E-state index in [1.54, 1.807) is 0 Å². The van der Waals surface area contributed by atoms with Gasteiger partial charge in [0.2, 0.25) is 0 Å². The summed E-state index contributed by atoms with van der Waals surface area (Å²) in [6.07, 6.45) is 3.48. The van der Waals surface area contributed by atoms with E-state index in [4.69, 9.17) is 0 Å². The Kier molecular flexibility index (Phi) is 2.50. The molecule has 0 radical (unpaired) electrons. The Morgan fingerprint density at radius 2 is 2.25 bits per heavy atom. The molecule has 1 heterocycles. The molecule has 48 valence electrons. The van der Waals surface area contributed by atoms with Crippen LogP contribution >= 0.6 is 15.9 Å². The van der Waals surface area contributed by atoms with Crippen LogP contribution in [-0.2, 0) is 10.8 Å². The first-order valence-corrected chi connectivity index (χ1v) is 5.12. The number of rotatable bonds is 0. The SMILES string of the molecule is O=S1CCCC[C@H]1Br. The van der Waals surface area contributed by atoms with Crippen molar-refractivity contribution in [2.24, 2.45) is 0 Å². The van der Waals surface area contributed by atoms with E-state index in [2.05, 4.69) is 15.9 Å². The monoisotopic (exact) mass is 196 g/mol. The minimum Gasteiger partial charge on any atom is -0.258 e. The van der Waals surface area contributed by atoms with Gasteiger partial charge in [0, 0.05) is 16.6 Å². The van der Waals surface area contributed by atoms with Crippen molar-refractivity contribution in [2.75, 3.05) is 5.75 Å². The molecule has 0 bridgehead atoms. The van der Waals surface area contributed by atoms with Crippen LogP contribution in [0.15, 0.2) is 0 Å². The van der Waals surface area contributed by atoms with Crippen LogP contribution in [0.1, 0.15) is 19.3 Å². The second-order valence-corrected chi connectivity index (χ2v) is 5.44. The van der Waals surface area contributed by atoms with Crippen molar-refractivity contribution < 1.29 is 4.21 Å². The molecule has 1 saturated heterocycles. The first kappa shape index (κ1) is 6.75. The summed E-state index contributed by atoms with van der Waals surface area (Å²) in [7, 11) is -0.568. The highest BCUT2D eigenvalue weighted by Gasteiger charge is 2.16. The van der Waals surface area contributed by atoms with E-state index in [9.17, 15) is 4.21 Å². The fraction of sp³-hybridized carbons (Fsp3) is 1.00. The summed E-state index contributed by atoms with van der Waals surface area (Å²) in [6.45, 7) is 0. The fourth-order valence-electron chi connectivity index (χ4n) is 0.808. The maximum atomic E-state index is 10.9. The van der Waals surface area contributed by atoms with E-state index in [0.29, 0.717) is 0 Å². The topological polar surface area (TPSA) is 17.1 Å². The molecule has 1 unspecified atom stereocenters. The molecule has 0 aliphatic carbocycles. The molecular weight excluding hydrogens is 188 g/mol. The zero-order valence-corrected chi connectivity index (χ0v) is 7.00. The Hall–Kier alpha value is 0.630. The van der Waals surface area contributed by atoms with Crippen LogP contribution in [0.5, 0.6) is 0 Å². The van der Waals surface area contributed by atoms with Gasteiger partial charge in [0.25, 0.3) is 0 Å². The van der Waals surface area contributed by atoms with Crippen LogP contribution in [-0.4, -0.2) is 14.1 Å². The van der Waals surface area contributed by atoms with Crippen molar-refractivity contribution in [2.45, 2.75) is 23.4 Å². The average Bonchev–Trinajstić information content (AvgIpc) is 1.77. The molecule has 0 aromatic carbocycles. The van der Waals surface area contributed by atoms with Crippen LogP contribution in [0, 0.1) is 0 Å². The van der Waals surface area contributed by atoms with Crippen LogP contribution in [0.3, 0.4) is 0 Å². The zero-order chi connectivity index (χ0) is 5.98. The summed E-state index contributed by atoms with van der Waals surface area (Å²) in [4.78, 5) is 0. The second kappa shape index (κ2) is 2.97. The van der Waals surface area contributed by atoms with Gasteiger partial charge in [0.15, 0.2) is 0 Å². The average molecular weight is 197 g/mol. The van der Waals surface area contributed by atoms with Gasteiger partial charge >= 0.3 is 0 Å². The highest BCUT2D eigenvalue weighted by Crippen LogP contribution is 2.20. The predicted octanol–water partition coefficient (Wildman–Crippen LogP) is 1.64. The van der Waals surface area contributed by atoms with Gasteiger partial charge in [-0.2, -0.15) is 0 Å². The summed E-state index contributed by atoms with van der Waals surface area (Å²) in [6, 6.07) is 0. The lowest BCUT2D eigenvalue weighted by molar-refractivity contribution is 0.652. The van der Waals surface area contributed by atoms with Crippen molar-refractivity contribution in [3.05, 3.63) is 0 Å². The van der Waals surface area contributed by atoms with Crippen LogP contribution < -0.4 is 0 Å². The molecule has 1 aliphatic heterocycles. The Morgan fingerprint density at radius 3 is 2.62 bits per heavy atom.